The molecule has 0 spiro atoms. The van der Waals surface area contributed by atoms with Gasteiger partial charge in [-0.25, -0.2) is 0 Å². The van der Waals surface area contributed by atoms with E-state index < -0.39 is 6.10 Å². The summed E-state index contributed by atoms with van der Waals surface area (Å²) in [5, 5.41) is 5.25. The smallest absolute Gasteiger partial charge is 0.261 e. The Kier molecular flexibility index (Phi) is 6.56. The zero-order chi connectivity index (χ0) is 18.2. The van der Waals surface area contributed by atoms with Gasteiger partial charge in [0.05, 0.1) is 0 Å². The molecule has 0 aliphatic heterocycles. The lowest BCUT2D eigenvalue weighted by atomic mass is 10.1. The van der Waals surface area contributed by atoms with Crippen LogP contribution in [0.5, 0.6) is 5.75 Å². The van der Waals surface area contributed by atoms with Crippen LogP contribution in [0.4, 0.5) is 0 Å². The van der Waals surface area contributed by atoms with E-state index in [0.29, 0.717) is 13.0 Å². The van der Waals surface area contributed by atoms with Gasteiger partial charge in [-0.2, -0.15) is 0 Å². The number of carbonyl (C=O) groups is 1. The van der Waals surface area contributed by atoms with Gasteiger partial charge in [-0.1, -0.05) is 55.5 Å². The molecular formula is C22H23NO2S. The van der Waals surface area contributed by atoms with Gasteiger partial charge in [-0.05, 0) is 41.5 Å². The molecule has 3 rings (SSSR count). The van der Waals surface area contributed by atoms with Crippen molar-refractivity contribution >= 4 is 28.4 Å². The largest absolute Gasteiger partial charge is 0.481 e. The predicted molar refractivity (Wildman–Crippen MR) is 109 cm³/mol. The SMILES string of the molecule is CC[C@H](Oc1ccc2ccccc2c1)C(=O)NCCSc1ccccc1. The van der Waals surface area contributed by atoms with Crippen LogP contribution in [0, 0.1) is 0 Å². The summed E-state index contributed by atoms with van der Waals surface area (Å²) in [5.74, 6) is 1.50. The molecule has 0 saturated carbocycles. The van der Waals surface area contributed by atoms with Crippen LogP contribution in [0.1, 0.15) is 13.3 Å². The van der Waals surface area contributed by atoms with Gasteiger partial charge in [0.25, 0.3) is 5.91 Å². The third kappa shape index (κ3) is 5.02. The Bertz CT molecular complexity index is 851. The standard InChI is InChI=1S/C22H23NO2S/c1-2-21(22(24)23-14-15-26-20-10-4-3-5-11-20)25-19-13-12-17-8-6-7-9-18(17)16-19/h3-13,16,21H,2,14-15H2,1H3,(H,23,24)/t21-/m0/s1. The molecule has 1 atom stereocenters. The van der Waals surface area contributed by atoms with E-state index in [-0.39, 0.29) is 5.91 Å². The van der Waals surface area contributed by atoms with Crippen LogP contribution in [0.2, 0.25) is 0 Å². The van der Waals surface area contributed by atoms with Crippen LogP contribution in [0.25, 0.3) is 10.8 Å². The van der Waals surface area contributed by atoms with Gasteiger partial charge in [0, 0.05) is 17.2 Å². The van der Waals surface area contributed by atoms with E-state index in [1.165, 1.54) is 4.90 Å². The first-order valence-corrected chi connectivity index (χ1v) is 9.86. The number of hydrogen-bond acceptors (Lipinski definition) is 3. The van der Waals surface area contributed by atoms with Crippen LogP contribution in [0.3, 0.4) is 0 Å². The molecule has 0 radical (unpaired) electrons. The average molecular weight is 365 g/mol. The van der Waals surface area contributed by atoms with Crippen molar-refractivity contribution < 1.29 is 9.53 Å². The summed E-state index contributed by atoms with van der Waals surface area (Å²) in [6.45, 7) is 2.58. The van der Waals surface area contributed by atoms with Crippen LogP contribution in [-0.4, -0.2) is 24.3 Å². The number of nitrogens with one attached hydrogen (secondary N) is 1. The van der Waals surface area contributed by atoms with Crippen molar-refractivity contribution in [1.29, 1.82) is 0 Å². The number of hydrogen-bond donors (Lipinski definition) is 1. The Balaban J connectivity index is 1.51. The summed E-state index contributed by atoms with van der Waals surface area (Å²) < 4.78 is 5.93. The van der Waals surface area contributed by atoms with Gasteiger partial charge >= 0.3 is 0 Å². The topological polar surface area (TPSA) is 38.3 Å². The maximum atomic E-state index is 12.4. The second-order valence-electron chi connectivity index (χ2n) is 5.98. The van der Waals surface area contributed by atoms with Gasteiger partial charge in [0.1, 0.15) is 5.75 Å². The molecule has 0 bridgehead atoms. The lowest BCUT2D eigenvalue weighted by Crippen LogP contribution is -2.39. The first-order chi connectivity index (χ1) is 12.8. The lowest BCUT2D eigenvalue weighted by molar-refractivity contribution is -0.127. The lowest BCUT2D eigenvalue weighted by Gasteiger charge is -2.17. The highest BCUT2D eigenvalue weighted by Gasteiger charge is 2.18. The van der Waals surface area contributed by atoms with Crippen LogP contribution in [0.15, 0.2) is 77.7 Å². The summed E-state index contributed by atoms with van der Waals surface area (Å²) in [5.41, 5.74) is 0. The van der Waals surface area contributed by atoms with E-state index in [1.54, 1.807) is 11.8 Å². The van der Waals surface area contributed by atoms with Crippen LogP contribution in [-0.2, 0) is 4.79 Å². The van der Waals surface area contributed by atoms with Crippen molar-refractivity contribution in [3.63, 3.8) is 0 Å². The zero-order valence-electron chi connectivity index (χ0n) is 14.9. The molecule has 0 unspecified atom stereocenters. The number of fused-ring (bicyclic) bond motifs is 1. The molecule has 4 heteroatoms. The Hall–Kier alpha value is -2.46. The monoisotopic (exact) mass is 365 g/mol. The summed E-state index contributed by atoms with van der Waals surface area (Å²) in [7, 11) is 0. The highest BCUT2D eigenvalue weighted by Crippen LogP contribution is 2.22. The first-order valence-electron chi connectivity index (χ1n) is 8.87. The van der Waals surface area contributed by atoms with Crippen molar-refractivity contribution in [2.45, 2.75) is 24.3 Å². The van der Waals surface area contributed by atoms with Gasteiger partial charge < -0.3 is 10.1 Å². The number of rotatable bonds is 8. The van der Waals surface area contributed by atoms with Crippen molar-refractivity contribution in [1.82, 2.24) is 5.32 Å². The normalized spacial score (nSPS) is 11.9. The molecule has 0 aromatic heterocycles. The molecule has 0 fully saturated rings. The molecule has 0 aliphatic carbocycles. The van der Waals surface area contributed by atoms with E-state index in [4.69, 9.17) is 4.74 Å². The molecule has 1 amide bonds. The number of benzene rings is 3. The van der Waals surface area contributed by atoms with Gasteiger partial charge in [-0.3, -0.25) is 4.79 Å². The maximum absolute atomic E-state index is 12.4. The molecule has 3 aromatic carbocycles. The minimum atomic E-state index is -0.474. The zero-order valence-corrected chi connectivity index (χ0v) is 15.7. The number of carbonyl (C=O) groups excluding carboxylic acids is 1. The summed E-state index contributed by atoms with van der Waals surface area (Å²) in [4.78, 5) is 13.6. The molecule has 0 aliphatic rings. The Morgan fingerprint density at radius 3 is 2.50 bits per heavy atom. The predicted octanol–water partition coefficient (Wildman–Crippen LogP) is 4.91. The average Bonchev–Trinajstić information content (AvgIpc) is 2.70. The maximum Gasteiger partial charge on any atom is 0.261 e. The molecule has 0 saturated heterocycles. The molecule has 3 nitrogen and oxygen atoms in total. The molecule has 0 heterocycles. The number of amides is 1. The fourth-order valence-electron chi connectivity index (χ4n) is 2.70. The molecule has 3 aromatic rings. The summed E-state index contributed by atoms with van der Waals surface area (Å²) in [6.07, 6.45) is 0.155. The van der Waals surface area contributed by atoms with Gasteiger partial charge in [0.15, 0.2) is 6.10 Å². The fourth-order valence-corrected chi connectivity index (χ4v) is 3.49. The van der Waals surface area contributed by atoms with E-state index in [9.17, 15) is 4.79 Å². The van der Waals surface area contributed by atoms with E-state index in [1.807, 2.05) is 61.5 Å². The first kappa shape index (κ1) is 18.3. The molecular weight excluding hydrogens is 342 g/mol. The molecule has 134 valence electrons. The Morgan fingerprint density at radius 2 is 1.73 bits per heavy atom. The van der Waals surface area contributed by atoms with Gasteiger partial charge in [0.2, 0.25) is 0 Å². The number of thioether (sulfide) groups is 1. The van der Waals surface area contributed by atoms with Gasteiger partial charge in [-0.15, -0.1) is 11.8 Å². The van der Waals surface area contributed by atoms with E-state index in [2.05, 4.69) is 23.5 Å². The molecule has 26 heavy (non-hydrogen) atoms. The molecule has 1 N–H and O–H groups in total. The fraction of sp³-hybridized carbons (Fsp3) is 0.227. The Morgan fingerprint density at radius 1 is 1.00 bits per heavy atom. The summed E-state index contributed by atoms with van der Waals surface area (Å²) in [6, 6.07) is 24.2. The highest BCUT2D eigenvalue weighted by molar-refractivity contribution is 7.99. The summed E-state index contributed by atoms with van der Waals surface area (Å²) >= 11 is 1.73. The van der Waals surface area contributed by atoms with Crippen molar-refractivity contribution in [2.75, 3.05) is 12.3 Å². The number of ether oxygens (including phenoxy) is 1. The minimum absolute atomic E-state index is 0.0608. The third-order valence-electron chi connectivity index (χ3n) is 4.08. The van der Waals surface area contributed by atoms with Crippen molar-refractivity contribution in [3.05, 3.63) is 72.8 Å². The van der Waals surface area contributed by atoms with E-state index >= 15 is 0 Å². The minimum Gasteiger partial charge on any atom is -0.481 e. The third-order valence-corrected chi connectivity index (χ3v) is 5.09. The van der Waals surface area contributed by atoms with Crippen LogP contribution < -0.4 is 10.1 Å². The van der Waals surface area contributed by atoms with Crippen molar-refractivity contribution in [3.8, 4) is 5.75 Å². The highest BCUT2D eigenvalue weighted by atomic mass is 32.2. The second-order valence-corrected chi connectivity index (χ2v) is 7.14. The van der Waals surface area contributed by atoms with Crippen molar-refractivity contribution in [2.24, 2.45) is 0 Å². The second kappa shape index (κ2) is 9.30. The van der Waals surface area contributed by atoms with E-state index in [0.717, 1.165) is 22.3 Å². The Labute approximate surface area is 158 Å². The quantitative estimate of drug-likeness (QED) is 0.455. The van der Waals surface area contributed by atoms with Crippen LogP contribution >= 0.6 is 11.8 Å².